The fourth-order valence-electron chi connectivity index (χ4n) is 3.08. The highest BCUT2D eigenvalue weighted by Crippen LogP contribution is 2.29. The first-order valence-corrected chi connectivity index (χ1v) is 9.02. The molecule has 0 radical (unpaired) electrons. The number of esters is 1. The number of halogens is 2. The zero-order valence-corrected chi connectivity index (χ0v) is 15.5. The summed E-state index contributed by atoms with van der Waals surface area (Å²) < 4.78 is 5.05. The molecular weight excluding hydrogens is 349 g/mol. The summed E-state index contributed by atoms with van der Waals surface area (Å²) in [5, 5.41) is 3.79. The molecule has 0 saturated heterocycles. The van der Waals surface area contributed by atoms with E-state index in [1.807, 2.05) is 0 Å². The van der Waals surface area contributed by atoms with Crippen molar-refractivity contribution >= 4 is 35.1 Å². The number of ether oxygens (including phenoxy) is 1. The highest BCUT2D eigenvalue weighted by molar-refractivity contribution is 6.36. The maximum atomic E-state index is 12.0. The molecule has 3 atom stereocenters. The quantitative estimate of drug-likeness (QED) is 0.795. The molecule has 0 aliphatic heterocycles. The fraction of sp³-hybridized carbons (Fsp3) is 0.556. The molecule has 6 heteroatoms. The van der Waals surface area contributed by atoms with Gasteiger partial charge < -0.3 is 10.1 Å². The van der Waals surface area contributed by atoms with E-state index in [1.165, 1.54) is 6.42 Å². The van der Waals surface area contributed by atoms with Crippen LogP contribution in [0.2, 0.25) is 10.0 Å². The summed E-state index contributed by atoms with van der Waals surface area (Å²) in [5.74, 6) is 0.235. The maximum absolute atomic E-state index is 12.0. The van der Waals surface area contributed by atoms with E-state index in [1.54, 1.807) is 18.2 Å². The van der Waals surface area contributed by atoms with Gasteiger partial charge in [-0.15, -0.1) is 0 Å². The van der Waals surface area contributed by atoms with Gasteiger partial charge in [0.05, 0.1) is 6.42 Å². The zero-order chi connectivity index (χ0) is 17.7. The molecule has 2 rings (SSSR count). The van der Waals surface area contributed by atoms with Gasteiger partial charge in [-0.1, -0.05) is 56.0 Å². The van der Waals surface area contributed by atoms with Crippen LogP contribution >= 0.6 is 23.2 Å². The smallest absolute Gasteiger partial charge is 0.310 e. The van der Waals surface area contributed by atoms with Crippen LogP contribution in [0.1, 0.15) is 38.7 Å². The monoisotopic (exact) mass is 371 g/mol. The Hall–Kier alpha value is -1.26. The van der Waals surface area contributed by atoms with Gasteiger partial charge in [-0.05, 0) is 30.4 Å². The fourth-order valence-corrected chi connectivity index (χ4v) is 3.61. The second-order valence-electron chi connectivity index (χ2n) is 6.48. The van der Waals surface area contributed by atoms with Gasteiger partial charge in [0.1, 0.15) is 0 Å². The van der Waals surface area contributed by atoms with Crippen LogP contribution in [0.5, 0.6) is 0 Å². The Balaban J connectivity index is 1.80. The summed E-state index contributed by atoms with van der Waals surface area (Å²) in [4.78, 5) is 23.9. The number of nitrogens with one attached hydrogen (secondary N) is 1. The van der Waals surface area contributed by atoms with Gasteiger partial charge >= 0.3 is 5.97 Å². The molecule has 0 spiro atoms. The number of rotatable bonds is 5. The molecule has 1 aliphatic carbocycles. The summed E-state index contributed by atoms with van der Waals surface area (Å²) in [6.45, 7) is 4.08. The van der Waals surface area contributed by atoms with Gasteiger partial charge in [0.2, 0.25) is 0 Å². The van der Waals surface area contributed by atoms with Crippen molar-refractivity contribution in [1.82, 2.24) is 5.32 Å². The third-order valence-corrected chi connectivity index (χ3v) is 5.51. The zero-order valence-electron chi connectivity index (χ0n) is 14.0. The average molecular weight is 372 g/mol. The van der Waals surface area contributed by atoms with Crippen molar-refractivity contribution in [2.75, 3.05) is 6.61 Å². The van der Waals surface area contributed by atoms with E-state index < -0.39 is 5.97 Å². The van der Waals surface area contributed by atoms with Gasteiger partial charge in [-0.2, -0.15) is 0 Å². The van der Waals surface area contributed by atoms with E-state index in [-0.39, 0.29) is 25.0 Å². The molecular formula is C18H23Cl2NO3. The molecule has 1 N–H and O–H groups in total. The van der Waals surface area contributed by atoms with Crippen LogP contribution < -0.4 is 5.32 Å². The molecule has 1 aromatic carbocycles. The lowest BCUT2D eigenvalue weighted by Crippen LogP contribution is -2.45. The lowest BCUT2D eigenvalue weighted by atomic mass is 9.78. The number of benzene rings is 1. The van der Waals surface area contributed by atoms with Crippen molar-refractivity contribution < 1.29 is 14.3 Å². The molecule has 0 aromatic heterocycles. The first kappa shape index (κ1) is 19.1. The number of amides is 1. The Labute approximate surface area is 152 Å². The van der Waals surface area contributed by atoms with Gasteiger partial charge in [0.15, 0.2) is 6.61 Å². The summed E-state index contributed by atoms with van der Waals surface area (Å²) in [6.07, 6.45) is 3.23. The number of hydrogen-bond acceptors (Lipinski definition) is 3. The topological polar surface area (TPSA) is 55.4 Å². The predicted octanol–water partition coefficient (Wildman–Crippen LogP) is 4.02. The normalized spacial score (nSPS) is 23.6. The molecule has 0 bridgehead atoms. The highest BCUT2D eigenvalue weighted by atomic mass is 35.5. The van der Waals surface area contributed by atoms with Crippen molar-refractivity contribution in [2.45, 2.75) is 45.6 Å². The minimum atomic E-state index is -0.523. The van der Waals surface area contributed by atoms with E-state index in [4.69, 9.17) is 27.9 Å². The Morgan fingerprint density at radius 3 is 2.54 bits per heavy atom. The molecule has 0 heterocycles. The molecule has 4 nitrogen and oxygen atoms in total. The first-order chi connectivity index (χ1) is 11.4. The second-order valence-corrected chi connectivity index (χ2v) is 7.29. The van der Waals surface area contributed by atoms with Crippen LogP contribution in [0.4, 0.5) is 0 Å². The van der Waals surface area contributed by atoms with E-state index in [2.05, 4.69) is 19.2 Å². The predicted molar refractivity (Wildman–Crippen MR) is 95.2 cm³/mol. The van der Waals surface area contributed by atoms with Gasteiger partial charge in [0, 0.05) is 21.7 Å². The third-order valence-electron chi connectivity index (χ3n) is 4.80. The first-order valence-electron chi connectivity index (χ1n) is 8.26. The Morgan fingerprint density at radius 1 is 1.21 bits per heavy atom. The van der Waals surface area contributed by atoms with Gasteiger partial charge in [0.25, 0.3) is 5.91 Å². The molecule has 0 unspecified atom stereocenters. The summed E-state index contributed by atoms with van der Waals surface area (Å²) in [7, 11) is 0. The van der Waals surface area contributed by atoms with Gasteiger partial charge in [-0.3, -0.25) is 9.59 Å². The molecule has 132 valence electrons. The molecule has 1 fully saturated rings. The van der Waals surface area contributed by atoms with Crippen molar-refractivity contribution in [1.29, 1.82) is 0 Å². The average Bonchev–Trinajstić information content (AvgIpc) is 2.53. The largest absolute Gasteiger partial charge is 0.455 e. The van der Waals surface area contributed by atoms with Crippen LogP contribution in [0.3, 0.4) is 0 Å². The highest BCUT2D eigenvalue weighted by Gasteiger charge is 2.28. The second kappa shape index (κ2) is 8.72. The molecule has 1 aliphatic rings. The maximum Gasteiger partial charge on any atom is 0.310 e. The lowest BCUT2D eigenvalue weighted by molar-refractivity contribution is -0.148. The van der Waals surface area contributed by atoms with E-state index in [0.29, 0.717) is 27.4 Å². The minimum absolute atomic E-state index is 0.0529. The number of carbonyl (C=O) groups is 2. The van der Waals surface area contributed by atoms with E-state index in [9.17, 15) is 9.59 Å². The number of carbonyl (C=O) groups excluding carboxylic acids is 2. The molecule has 24 heavy (non-hydrogen) atoms. The standard InChI is InChI=1S/C18H23Cl2NO3/c1-11-5-3-8-16(12(11)2)21-17(22)10-24-18(23)9-13-14(19)6-4-7-15(13)20/h4,6-7,11-12,16H,3,5,8-10H2,1-2H3,(H,21,22)/t11-,12-,16-/m1/s1. The molecule has 1 aromatic rings. The van der Waals surface area contributed by atoms with Crippen LogP contribution in [0.25, 0.3) is 0 Å². The van der Waals surface area contributed by atoms with E-state index >= 15 is 0 Å². The van der Waals surface area contributed by atoms with Crippen molar-refractivity contribution in [2.24, 2.45) is 11.8 Å². The summed E-state index contributed by atoms with van der Waals surface area (Å²) >= 11 is 12.0. The lowest BCUT2D eigenvalue weighted by Gasteiger charge is -2.34. The van der Waals surface area contributed by atoms with Crippen LogP contribution in [-0.2, 0) is 20.7 Å². The Morgan fingerprint density at radius 2 is 1.88 bits per heavy atom. The van der Waals surface area contributed by atoms with Crippen molar-refractivity contribution in [3.05, 3.63) is 33.8 Å². The van der Waals surface area contributed by atoms with E-state index in [0.717, 1.165) is 12.8 Å². The SMILES string of the molecule is C[C@@H]1[C@H](C)CCC[C@H]1NC(=O)COC(=O)Cc1c(Cl)cccc1Cl. The molecule has 1 amide bonds. The van der Waals surface area contributed by atoms with Crippen LogP contribution in [0, 0.1) is 11.8 Å². The summed E-state index contributed by atoms with van der Waals surface area (Å²) in [6, 6.07) is 5.18. The van der Waals surface area contributed by atoms with Crippen molar-refractivity contribution in [3.63, 3.8) is 0 Å². The Kier molecular flexibility index (Phi) is 6.93. The summed E-state index contributed by atoms with van der Waals surface area (Å²) in [5.41, 5.74) is 0.515. The van der Waals surface area contributed by atoms with Crippen LogP contribution in [-0.4, -0.2) is 24.5 Å². The number of hydrogen-bond donors (Lipinski definition) is 1. The van der Waals surface area contributed by atoms with Gasteiger partial charge in [-0.25, -0.2) is 0 Å². The third kappa shape index (κ3) is 5.12. The Bertz CT molecular complexity index is 586. The molecule has 1 saturated carbocycles. The minimum Gasteiger partial charge on any atom is -0.455 e. The van der Waals surface area contributed by atoms with Crippen molar-refractivity contribution in [3.8, 4) is 0 Å². The van der Waals surface area contributed by atoms with Crippen LogP contribution in [0.15, 0.2) is 18.2 Å².